The van der Waals surface area contributed by atoms with Crippen LogP contribution in [0.15, 0.2) is 33.8 Å². The highest BCUT2D eigenvalue weighted by molar-refractivity contribution is 9.10. The number of carbonyl (C=O) groups is 1. The summed E-state index contributed by atoms with van der Waals surface area (Å²) in [6.45, 7) is 0. The number of halogens is 1. The molecule has 96 valence electrons. The van der Waals surface area contributed by atoms with E-state index in [4.69, 9.17) is 0 Å². The Morgan fingerprint density at radius 2 is 2.11 bits per heavy atom. The highest BCUT2D eigenvalue weighted by Gasteiger charge is 2.20. The molecule has 0 saturated heterocycles. The lowest BCUT2D eigenvalue weighted by molar-refractivity contribution is -0.125. The van der Waals surface area contributed by atoms with Crippen LogP contribution in [-0.4, -0.2) is 12.1 Å². The maximum atomic E-state index is 11.8. The van der Waals surface area contributed by atoms with E-state index in [0.717, 1.165) is 35.7 Å². The normalized spacial score (nSPS) is 16.9. The van der Waals surface area contributed by atoms with Gasteiger partial charge in [-0.1, -0.05) is 47.3 Å². The van der Waals surface area contributed by atoms with Crippen molar-refractivity contribution in [3.63, 3.8) is 0 Å². The smallest absolute Gasteiger partial charge is 0.243 e. The molecule has 0 aliphatic heterocycles. The maximum Gasteiger partial charge on any atom is 0.243 e. The van der Waals surface area contributed by atoms with Crippen molar-refractivity contribution >= 4 is 28.1 Å². The minimum absolute atomic E-state index is 0.0564. The van der Waals surface area contributed by atoms with Crippen molar-refractivity contribution in [2.45, 2.75) is 32.1 Å². The lowest BCUT2D eigenvalue weighted by atomic mass is 9.89. The molecule has 0 spiro atoms. The van der Waals surface area contributed by atoms with Gasteiger partial charge in [0.2, 0.25) is 5.91 Å². The van der Waals surface area contributed by atoms with E-state index in [0.29, 0.717) is 0 Å². The maximum absolute atomic E-state index is 11.8. The fourth-order valence-electron chi connectivity index (χ4n) is 2.21. The second-order valence-electron chi connectivity index (χ2n) is 4.62. The number of hydrazone groups is 1. The molecule has 1 aliphatic carbocycles. The molecule has 3 nitrogen and oxygen atoms in total. The third-order valence-corrected chi connectivity index (χ3v) is 3.71. The monoisotopic (exact) mass is 308 g/mol. The molecule has 1 saturated carbocycles. The van der Waals surface area contributed by atoms with E-state index >= 15 is 0 Å². The Balaban J connectivity index is 1.85. The van der Waals surface area contributed by atoms with Crippen LogP contribution in [0, 0.1) is 5.92 Å². The van der Waals surface area contributed by atoms with Crippen LogP contribution in [0.25, 0.3) is 0 Å². The van der Waals surface area contributed by atoms with Gasteiger partial charge in [-0.15, -0.1) is 0 Å². The lowest BCUT2D eigenvalue weighted by Crippen LogP contribution is -2.28. The van der Waals surface area contributed by atoms with Crippen molar-refractivity contribution in [3.8, 4) is 0 Å². The van der Waals surface area contributed by atoms with Crippen LogP contribution < -0.4 is 5.43 Å². The molecule has 0 heterocycles. The molecule has 1 aliphatic rings. The summed E-state index contributed by atoms with van der Waals surface area (Å²) in [6, 6.07) is 7.80. The molecular weight excluding hydrogens is 292 g/mol. The van der Waals surface area contributed by atoms with E-state index in [1.54, 1.807) is 6.21 Å². The number of hydrogen-bond acceptors (Lipinski definition) is 2. The topological polar surface area (TPSA) is 41.5 Å². The summed E-state index contributed by atoms with van der Waals surface area (Å²) in [5, 5.41) is 4.01. The van der Waals surface area contributed by atoms with Gasteiger partial charge in [-0.05, 0) is 30.5 Å². The predicted molar refractivity (Wildman–Crippen MR) is 76.5 cm³/mol. The first-order chi connectivity index (χ1) is 8.75. The Kier molecular flexibility index (Phi) is 4.93. The highest BCUT2D eigenvalue weighted by atomic mass is 79.9. The Morgan fingerprint density at radius 1 is 1.33 bits per heavy atom. The van der Waals surface area contributed by atoms with Gasteiger partial charge in [0.15, 0.2) is 0 Å². The number of benzene rings is 1. The Labute approximate surface area is 116 Å². The zero-order chi connectivity index (χ0) is 12.8. The van der Waals surface area contributed by atoms with Crippen molar-refractivity contribution in [2.75, 3.05) is 0 Å². The molecule has 0 atom stereocenters. The minimum atomic E-state index is 0.0564. The molecule has 4 heteroatoms. The van der Waals surface area contributed by atoms with Gasteiger partial charge in [-0.2, -0.15) is 5.10 Å². The number of rotatable bonds is 3. The number of nitrogens with zero attached hydrogens (tertiary/aromatic N) is 1. The molecule has 0 bridgehead atoms. The van der Waals surface area contributed by atoms with Gasteiger partial charge in [0.25, 0.3) is 0 Å². The zero-order valence-corrected chi connectivity index (χ0v) is 11.8. The Morgan fingerprint density at radius 3 is 2.83 bits per heavy atom. The molecule has 18 heavy (non-hydrogen) atoms. The molecule has 1 aromatic carbocycles. The van der Waals surface area contributed by atoms with Crippen LogP contribution in [0.1, 0.15) is 37.7 Å². The van der Waals surface area contributed by atoms with Crippen LogP contribution in [-0.2, 0) is 4.79 Å². The summed E-state index contributed by atoms with van der Waals surface area (Å²) < 4.78 is 1.00. The second kappa shape index (κ2) is 6.69. The second-order valence-corrected chi connectivity index (χ2v) is 5.54. The number of carbonyl (C=O) groups excluding carboxylic acids is 1. The molecule has 2 rings (SSSR count). The van der Waals surface area contributed by atoms with Gasteiger partial charge < -0.3 is 0 Å². The molecule has 0 aromatic heterocycles. The van der Waals surface area contributed by atoms with E-state index in [1.807, 2.05) is 24.3 Å². The van der Waals surface area contributed by atoms with Crippen LogP contribution in [0.5, 0.6) is 0 Å². The third kappa shape index (κ3) is 3.95. The first-order valence-corrected chi connectivity index (χ1v) is 7.13. The van der Waals surface area contributed by atoms with Gasteiger partial charge in [0.1, 0.15) is 0 Å². The molecule has 1 fully saturated rings. The Hall–Kier alpha value is -1.16. The number of nitrogens with one attached hydrogen (secondary N) is 1. The zero-order valence-electron chi connectivity index (χ0n) is 10.2. The van der Waals surface area contributed by atoms with Gasteiger partial charge in [-0.25, -0.2) is 5.43 Å². The molecule has 0 radical (unpaired) electrons. The fraction of sp³-hybridized carbons (Fsp3) is 0.429. The van der Waals surface area contributed by atoms with Crippen molar-refractivity contribution in [2.24, 2.45) is 11.0 Å². The van der Waals surface area contributed by atoms with Crippen molar-refractivity contribution in [1.82, 2.24) is 5.43 Å². The summed E-state index contributed by atoms with van der Waals surface area (Å²) in [5.41, 5.74) is 3.60. The average Bonchev–Trinajstić information content (AvgIpc) is 2.40. The standard InChI is InChI=1S/C14H17BrN2O/c15-13-8-4-5-11(9-13)10-16-17-14(18)12-6-2-1-3-7-12/h4-5,8-10,12H,1-3,6-7H2,(H,17,18)/b16-10-. The predicted octanol–water partition coefficient (Wildman–Crippen LogP) is 3.48. The van der Waals surface area contributed by atoms with E-state index in [-0.39, 0.29) is 11.8 Å². The molecule has 0 unspecified atom stereocenters. The summed E-state index contributed by atoms with van der Waals surface area (Å²) in [6.07, 6.45) is 7.24. The van der Waals surface area contributed by atoms with Crippen LogP contribution in [0.2, 0.25) is 0 Å². The molecule has 1 amide bonds. The largest absolute Gasteiger partial charge is 0.273 e. The third-order valence-electron chi connectivity index (χ3n) is 3.21. The van der Waals surface area contributed by atoms with E-state index < -0.39 is 0 Å². The van der Waals surface area contributed by atoms with Crippen LogP contribution in [0.4, 0.5) is 0 Å². The summed E-state index contributed by atoms with van der Waals surface area (Å²) in [5.74, 6) is 0.208. The van der Waals surface area contributed by atoms with Crippen LogP contribution >= 0.6 is 15.9 Å². The van der Waals surface area contributed by atoms with Crippen molar-refractivity contribution < 1.29 is 4.79 Å². The SMILES string of the molecule is O=C(N/N=C\c1cccc(Br)c1)C1CCCCC1. The first-order valence-electron chi connectivity index (χ1n) is 6.34. The lowest BCUT2D eigenvalue weighted by Gasteiger charge is -2.19. The van der Waals surface area contributed by atoms with Crippen molar-refractivity contribution in [1.29, 1.82) is 0 Å². The first kappa shape index (κ1) is 13.3. The average molecular weight is 309 g/mol. The Bertz CT molecular complexity index is 439. The highest BCUT2D eigenvalue weighted by Crippen LogP contribution is 2.23. The van der Waals surface area contributed by atoms with Crippen LogP contribution in [0.3, 0.4) is 0 Å². The van der Waals surface area contributed by atoms with Crippen molar-refractivity contribution in [3.05, 3.63) is 34.3 Å². The van der Waals surface area contributed by atoms with E-state index in [1.165, 1.54) is 6.42 Å². The van der Waals surface area contributed by atoms with Gasteiger partial charge in [0, 0.05) is 10.4 Å². The number of amides is 1. The number of hydrogen-bond donors (Lipinski definition) is 1. The summed E-state index contributed by atoms with van der Waals surface area (Å²) >= 11 is 3.40. The summed E-state index contributed by atoms with van der Waals surface area (Å²) in [4.78, 5) is 11.8. The molecule has 1 N–H and O–H groups in total. The quantitative estimate of drug-likeness (QED) is 0.674. The summed E-state index contributed by atoms with van der Waals surface area (Å²) in [7, 11) is 0. The van der Waals surface area contributed by atoms with Gasteiger partial charge >= 0.3 is 0 Å². The van der Waals surface area contributed by atoms with E-state index in [9.17, 15) is 4.79 Å². The fourth-order valence-corrected chi connectivity index (χ4v) is 2.63. The van der Waals surface area contributed by atoms with E-state index in [2.05, 4.69) is 26.5 Å². The van der Waals surface area contributed by atoms with Gasteiger partial charge in [-0.3, -0.25) is 4.79 Å². The molecule has 1 aromatic rings. The minimum Gasteiger partial charge on any atom is -0.273 e. The molecular formula is C14H17BrN2O. The van der Waals surface area contributed by atoms with Gasteiger partial charge in [0.05, 0.1) is 6.21 Å².